The van der Waals surface area contributed by atoms with Gasteiger partial charge in [-0.1, -0.05) is 72.8 Å². The summed E-state index contributed by atoms with van der Waals surface area (Å²) in [4.78, 5) is 0. The Morgan fingerprint density at radius 2 is 0.409 bits per heavy atom. The second-order valence-corrected chi connectivity index (χ2v) is 10.4. The minimum atomic E-state index is -3.72. The van der Waals surface area contributed by atoms with E-state index in [9.17, 15) is 0 Å². The van der Waals surface area contributed by atoms with Crippen LogP contribution in [-0.2, 0) is 16.5 Å². The Hall–Kier alpha value is -0.500. The normalized spacial score (nSPS) is 9.64. The van der Waals surface area contributed by atoms with Crippen LogP contribution in [0.2, 0.25) is 0 Å². The molecule has 0 spiro atoms. The van der Waals surface area contributed by atoms with Gasteiger partial charge in [0.05, 0.1) is 0 Å². The quantitative estimate of drug-likeness (QED) is 0.569. The van der Waals surface area contributed by atoms with Gasteiger partial charge in [0, 0.05) is 42.7 Å². The van der Waals surface area contributed by atoms with Crippen molar-refractivity contribution in [3.8, 4) is 0 Å². The molecule has 0 amide bonds. The van der Waals surface area contributed by atoms with Gasteiger partial charge in [0.25, 0.3) is 0 Å². The van der Waals surface area contributed by atoms with E-state index in [1.165, 1.54) is 0 Å². The van der Waals surface area contributed by atoms with Crippen LogP contribution in [0.15, 0.2) is 72.8 Å². The van der Waals surface area contributed by atoms with E-state index >= 15 is 0 Å². The fraction of sp³-hybridized carbons (Fsp3) is 0. The van der Waals surface area contributed by atoms with Gasteiger partial charge in [-0.15, -0.1) is 0 Å². The maximum atomic E-state index is 9.16. The maximum Gasteiger partial charge on any atom is 0.317 e. The fourth-order valence-corrected chi connectivity index (χ4v) is 0.770. The summed E-state index contributed by atoms with van der Waals surface area (Å²) in [5.41, 5.74) is 0. The van der Waals surface area contributed by atoms with Gasteiger partial charge in [-0.05, 0) is 0 Å². The highest BCUT2D eigenvalue weighted by molar-refractivity contribution is 8.31. The molecule has 0 fully saturated rings. The van der Waals surface area contributed by atoms with Crippen molar-refractivity contribution in [1.29, 1.82) is 0 Å². The number of halogens is 4. The van der Waals surface area contributed by atoms with E-state index in [1.54, 1.807) is 0 Å². The highest BCUT2D eigenvalue weighted by Crippen LogP contribution is 1.99. The Kier molecular flexibility index (Phi) is 15.2. The molecule has 2 aromatic rings. The highest BCUT2D eigenvalue weighted by Gasteiger charge is 1.89. The van der Waals surface area contributed by atoms with Crippen molar-refractivity contribution in [2.24, 2.45) is 0 Å². The van der Waals surface area contributed by atoms with Crippen LogP contribution in [0.1, 0.15) is 0 Å². The highest BCUT2D eigenvalue weighted by atomic mass is 36.0. The Bertz CT molecular complexity index is 532. The largest absolute Gasteiger partial charge is 0.317 e. The van der Waals surface area contributed by atoms with Crippen molar-refractivity contribution in [2.75, 3.05) is 0 Å². The maximum absolute atomic E-state index is 9.16. The molecule has 4 nitrogen and oxygen atoms in total. The average molecular weight is 426 g/mol. The molecule has 0 aliphatic carbocycles. The molecule has 0 aliphatic heterocycles. The molecule has 10 heteroatoms. The molecule has 0 N–H and O–H groups in total. The van der Waals surface area contributed by atoms with Crippen LogP contribution in [0, 0.1) is 0 Å². The number of hydrogen-bond acceptors (Lipinski definition) is 4. The lowest BCUT2D eigenvalue weighted by Gasteiger charge is -1.69. The fourth-order valence-electron chi connectivity index (χ4n) is 0.770. The summed E-state index contributed by atoms with van der Waals surface area (Å²) in [6.45, 7) is 0. The first-order valence-corrected chi connectivity index (χ1v) is 11.6. The molecule has 0 saturated heterocycles. The van der Waals surface area contributed by atoms with Gasteiger partial charge in [0.2, 0.25) is 0 Å². The first-order chi connectivity index (χ1) is 10.0. The standard InChI is InChI=1S/2C6H6.2Cl2O2S/c2*1-2-4-6-5-3-1;2*1-5(2,3)4/h2*1-6H;;. The van der Waals surface area contributed by atoms with Crippen molar-refractivity contribution in [1.82, 2.24) is 0 Å². The summed E-state index contributed by atoms with van der Waals surface area (Å²) in [6.07, 6.45) is 0. The zero-order chi connectivity index (χ0) is 17.5. The molecule has 0 saturated carbocycles. The van der Waals surface area contributed by atoms with E-state index in [4.69, 9.17) is 16.8 Å². The lowest BCUT2D eigenvalue weighted by molar-refractivity contribution is 0.620. The third-order valence-corrected chi connectivity index (χ3v) is 1.33. The van der Waals surface area contributed by atoms with E-state index < -0.39 is 16.5 Å². The van der Waals surface area contributed by atoms with E-state index in [2.05, 4.69) is 42.7 Å². The van der Waals surface area contributed by atoms with Crippen LogP contribution in [0.4, 0.5) is 0 Å². The van der Waals surface area contributed by atoms with E-state index in [0.29, 0.717) is 0 Å². The van der Waals surface area contributed by atoms with Gasteiger partial charge < -0.3 is 0 Å². The molecule has 0 radical (unpaired) electrons. The van der Waals surface area contributed by atoms with Crippen LogP contribution >= 0.6 is 42.7 Å². The van der Waals surface area contributed by atoms with Crippen molar-refractivity contribution in [2.45, 2.75) is 0 Å². The lowest BCUT2D eigenvalue weighted by Crippen LogP contribution is -1.63. The molecule has 0 atom stereocenters. The van der Waals surface area contributed by atoms with Crippen molar-refractivity contribution in [3.05, 3.63) is 72.8 Å². The van der Waals surface area contributed by atoms with Crippen molar-refractivity contribution < 1.29 is 16.8 Å². The van der Waals surface area contributed by atoms with E-state index in [-0.39, 0.29) is 0 Å². The Balaban J connectivity index is 0. The Labute approximate surface area is 148 Å². The van der Waals surface area contributed by atoms with Crippen LogP contribution in [0.3, 0.4) is 0 Å². The number of hydrogen-bond donors (Lipinski definition) is 0. The van der Waals surface area contributed by atoms with Crippen LogP contribution in [0.5, 0.6) is 0 Å². The van der Waals surface area contributed by atoms with Crippen LogP contribution in [-0.4, -0.2) is 16.8 Å². The van der Waals surface area contributed by atoms with E-state index in [0.717, 1.165) is 0 Å². The topological polar surface area (TPSA) is 68.3 Å². The SMILES string of the molecule is O=S(=O)(Cl)Cl.O=S(=O)(Cl)Cl.c1ccccc1.c1ccccc1. The smallest absolute Gasteiger partial charge is 0.195 e. The minimum absolute atomic E-state index is 2.00. The minimum Gasteiger partial charge on any atom is -0.195 e. The van der Waals surface area contributed by atoms with Gasteiger partial charge in [-0.3, -0.25) is 0 Å². The van der Waals surface area contributed by atoms with Gasteiger partial charge >= 0.3 is 16.5 Å². The first kappa shape index (κ1) is 23.8. The molecular weight excluding hydrogens is 414 g/mol. The summed E-state index contributed by atoms with van der Waals surface area (Å²) < 4.78 is 36.7. The second kappa shape index (κ2) is 14.1. The second-order valence-electron chi connectivity index (χ2n) is 3.07. The third-order valence-electron chi connectivity index (χ3n) is 1.33. The molecule has 0 aliphatic rings. The molecule has 2 rings (SSSR count). The van der Waals surface area contributed by atoms with Gasteiger partial charge in [0.1, 0.15) is 0 Å². The zero-order valence-electron chi connectivity index (χ0n) is 10.9. The van der Waals surface area contributed by atoms with Crippen molar-refractivity contribution >= 4 is 59.3 Å². The van der Waals surface area contributed by atoms with E-state index in [1.807, 2.05) is 72.8 Å². The van der Waals surface area contributed by atoms with Crippen LogP contribution in [0.25, 0.3) is 0 Å². The number of rotatable bonds is 0. The molecule has 22 heavy (non-hydrogen) atoms. The molecule has 0 bridgehead atoms. The molecule has 0 aromatic heterocycles. The Morgan fingerprint density at radius 3 is 0.455 bits per heavy atom. The monoisotopic (exact) mass is 424 g/mol. The first-order valence-electron chi connectivity index (χ1n) is 5.28. The summed E-state index contributed by atoms with van der Waals surface area (Å²) >= 11 is 0. The molecule has 124 valence electrons. The zero-order valence-corrected chi connectivity index (χ0v) is 15.5. The predicted octanol–water partition coefficient (Wildman–Crippen LogP) is 4.79. The molecule has 0 heterocycles. The average Bonchev–Trinajstić information content (AvgIpc) is 2.40. The summed E-state index contributed by atoms with van der Waals surface area (Å²) in [6, 6.07) is 24.0. The Morgan fingerprint density at radius 1 is 0.364 bits per heavy atom. The molecule has 2 aromatic carbocycles. The van der Waals surface area contributed by atoms with Gasteiger partial charge in [-0.25, -0.2) is 0 Å². The van der Waals surface area contributed by atoms with Gasteiger partial charge in [0.15, 0.2) is 0 Å². The third kappa shape index (κ3) is 50.5. The number of benzene rings is 2. The molecular formula is C12H12Cl4O4S2. The van der Waals surface area contributed by atoms with Crippen LogP contribution < -0.4 is 0 Å². The summed E-state index contributed by atoms with van der Waals surface area (Å²) in [5.74, 6) is 0. The summed E-state index contributed by atoms with van der Waals surface area (Å²) in [5, 5.41) is 0. The summed E-state index contributed by atoms with van der Waals surface area (Å²) in [7, 11) is 9.63. The lowest BCUT2D eigenvalue weighted by atomic mass is 10.4. The van der Waals surface area contributed by atoms with Crippen molar-refractivity contribution in [3.63, 3.8) is 0 Å². The van der Waals surface area contributed by atoms with Gasteiger partial charge in [-0.2, -0.15) is 16.8 Å². The predicted molar refractivity (Wildman–Crippen MR) is 94.1 cm³/mol. The molecule has 0 unspecified atom stereocenters.